The van der Waals surface area contributed by atoms with Crippen LogP contribution in [0.3, 0.4) is 0 Å². The molecule has 0 aromatic heterocycles. The summed E-state index contributed by atoms with van der Waals surface area (Å²) in [7, 11) is -6.20. The zero-order valence-corrected chi connectivity index (χ0v) is 24.1. The van der Waals surface area contributed by atoms with Crippen molar-refractivity contribution in [2.24, 2.45) is 0 Å². The lowest BCUT2D eigenvalue weighted by Crippen LogP contribution is -2.71. The van der Waals surface area contributed by atoms with Crippen molar-refractivity contribution in [3.63, 3.8) is 0 Å². The average molecular weight is 649 g/mol. The van der Waals surface area contributed by atoms with E-state index in [0.29, 0.717) is 16.9 Å². The number of nitrogens with one attached hydrogen (secondary N) is 1. The van der Waals surface area contributed by atoms with Gasteiger partial charge in [0.1, 0.15) is 17.2 Å². The molecular formula is C29H23F3N2O8S2. The van der Waals surface area contributed by atoms with Crippen LogP contribution in [0.4, 0.5) is 13.2 Å². The fraction of sp³-hybridized carbons (Fsp3) is 0.207. The van der Waals surface area contributed by atoms with Gasteiger partial charge in [0, 0.05) is 0 Å². The Morgan fingerprint density at radius 3 is 2.02 bits per heavy atom. The van der Waals surface area contributed by atoms with Crippen molar-refractivity contribution in [1.82, 2.24) is 10.2 Å². The number of fused-ring (bicyclic) bond motifs is 1. The molecule has 2 heterocycles. The van der Waals surface area contributed by atoms with Crippen molar-refractivity contribution in [3.05, 3.63) is 114 Å². The van der Waals surface area contributed by atoms with Gasteiger partial charge in [-0.1, -0.05) is 78.9 Å². The van der Waals surface area contributed by atoms with Gasteiger partial charge in [0.15, 0.2) is 24.2 Å². The number of carbonyl (C=O) groups excluding carboxylic acids is 3. The van der Waals surface area contributed by atoms with E-state index in [1.165, 1.54) is 0 Å². The van der Waals surface area contributed by atoms with Crippen LogP contribution >= 0.6 is 11.8 Å². The van der Waals surface area contributed by atoms with Gasteiger partial charge in [-0.15, -0.1) is 11.8 Å². The van der Waals surface area contributed by atoms with Crippen LogP contribution < -0.4 is 10.1 Å². The molecule has 44 heavy (non-hydrogen) atoms. The minimum atomic E-state index is -6.20. The molecule has 3 aromatic carbocycles. The van der Waals surface area contributed by atoms with Gasteiger partial charge in [-0.2, -0.15) is 21.6 Å². The molecule has 5 rings (SSSR count). The molecule has 0 unspecified atom stereocenters. The Balaban J connectivity index is 1.42. The molecule has 0 bridgehead atoms. The number of amides is 2. The first kappa shape index (κ1) is 30.9. The van der Waals surface area contributed by atoms with Gasteiger partial charge >= 0.3 is 21.6 Å². The quantitative estimate of drug-likeness (QED) is 0.151. The zero-order valence-electron chi connectivity index (χ0n) is 22.5. The van der Waals surface area contributed by atoms with E-state index in [1.54, 1.807) is 91.0 Å². The van der Waals surface area contributed by atoms with Crippen LogP contribution in [-0.2, 0) is 33.4 Å². The number of nitrogens with zero attached hydrogens (tertiary/aromatic N) is 1. The number of rotatable bonds is 10. The van der Waals surface area contributed by atoms with E-state index < -0.39 is 74.7 Å². The van der Waals surface area contributed by atoms with Crippen LogP contribution in [0.25, 0.3) is 0 Å². The van der Waals surface area contributed by atoms with Gasteiger partial charge < -0.3 is 19.0 Å². The number of benzene rings is 3. The highest BCUT2D eigenvalue weighted by Gasteiger charge is 2.57. The van der Waals surface area contributed by atoms with Crippen molar-refractivity contribution in [3.8, 4) is 5.75 Å². The molecule has 1 saturated heterocycles. The molecule has 2 aliphatic rings. The first-order valence-electron chi connectivity index (χ1n) is 12.9. The molecule has 1 N–H and O–H groups in total. The maximum atomic E-state index is 13.7. The summed E-state index contributed by atoms with van der Waals surface area (Å²) in [5.74, 6) is -3.94. The third kappa shape index (κ3) is 6.53. The van der Waals surface area contributed by atoms with E-state index in [-0.39, 0.29) is 0 Å². The number of hydrogen-bond donors (Lipinski definition) is 1. The third-order valence-corrected chi connectivity index (χ3v) is 8.72. The Hall–Kier alpha value is -4.50. The molecule has 230 valence electrons. The van der Waals surface area contributed by atoms with Crippen molar-refractivity contribution < 1.29 is 49.6 Å². The van der Waals surface area contributed by atoms with Gasteiger partial charge in [0.25, 0.3) is 11.8 Å². The Bertz CT molecular complexity index is 1630. The second-order valence-electron chi connectivity index (χ2n) is 9.42. The summed E-state index contributed by atoms with van der Waals surface area (Å²) in [4.78, 5) is 40.2. The highest BCUT2D eigenvalue weighted by atomic mass is 32.2. The van der Waals surface area contributed by atoms with E-state index in [9.17, 15) is 36.0 Å². The number of esters is 1. The van der Waals surface area contributed by atoms with Gasteiger partial charge in [-0.25, -0.2) is 4.79 Å². The molecule has 0 radical (unpaired) electrons. The Morgan fingerprint density at radius 2 is 1.48 bits per heavy atom. The van der Waals surface area contributed by atoms with E-state index in [4.69, 9.17) is 9.47 Å². The molecule has 3 aromatic rings. The molecule has 10 nitrogen and oxygen atoms in total. The second kappa shape index (κ2) is 12.6. The standard InChI is InChI=1S/C29H23F3N2O8S2/c30-29(31,32)44(38,39)42-21-17-43-27-23(33-22(35)16-40-20-14-8-3-9-15-20)26(36)34(27)24(21)28(37)41-25(18-10-4-1-5-11-18)19-12-6-2-7-13-19/h1-15,23,25,27H,16-17H2,(H,33,35)/t23-,27-/m1/s1. The molecule has 0 saturated carbocycles. The van der Waals surface area contributed by atoms with Crippen molar-refractivity contribution >= 4 is 39.7 Å². The largest absolute Gasteiger partial charge is 0.534 e. The van der Waals surface area contributed by atoms with Crippen LogP contribution in [0.2, 0.25) is 0 Å². The predicted molar refractivity (Wildman–Crippen MR) is 151 cm³/mol. The number of β-lactam (4-membered cyclic amide) rings is 1. The second-order valence-corrected chi connectivity index (χ2v) is 12.1. The summed E-state index contributed by atoms with van der Waals surface area (Å²) in [6.45, 7) is -0.441. The lowest BCUT2D eigenvalue weighted by atomic mass is 10.0. The summed E-state index contributed by atoms with van der Waals surface area (Å²) >= 11 is 0.801. The third-order valence-electron chi connectivity index (χ3n) is 6.48. The van der Waals surface area contributed by atoms with Gasteiger partial charge in [0.2, 0.25) is 0 Å². The maximum absolute atomic E-state index is 13.7. The van der Waals surface area contributed by atoms with Crippen molar-refractivity contribution in [2.45, 2.75) is 23.0 Å². The van der Waals surface area contributed by atoms with Crippen LogP contribution in [0.5, 0.6) is 5.75 Å². The summed E-state index contributed by atoms with van der Waals surface area (Å²) in [6.07, 6.45) is -1.08. The molecule has 0 spiro atoms. The smallest absolute Gasteiger partial charge is 0.484 e. The summed E-state index contributed by atoms with van der Waals surface area (Å²) in [6, 6.07) is 24.0. The summed E-state index contributed by atoms with van der Waals surface area (Å²) < 4.78 is 79.0. The normalized spacial score (nSPS) is 18.3. The molecule has 2 amide bonds. The highest BCUT2D eigenvalue weighted by molar-refractivity contribution is 8.00. The number of ether oxygens (including phenoxy) is 2. The molecule has 15 heteroatoms. The minimum Gasteiger partial charge on any atom is -0.484 e. The minimum absolute atomic E-state index is 0.406. The first-order chi connectivity index (χ1) is 21.0. The Kier molecular flexibility index (Phi) is 8.87. The first-order valence-corrected chi connectivity index (χ1v) is 15.4. The Morgan fingerprint density at radius 1 is 0.932 bits per heavy atom. The zero-order chi connectivity index (χ0) is 31.5. The topological polar surface area (TPSA) is 128 Å². The fourth-order valence-electron chi connectivity index (χ4n) is 4.45. The van der Waals surface area contributed by atoms with E-state index >= 15 is 0 Å². The van der Waals surface area contributed by atoms with Gasteiger partial charge in [-0.3, -0.25) is 14.5 Å². The van der Waals surface area contributed by atoms with Crippen LogP contribution in [0.1, 0.15) is 17.2 Å². The molecule has 2 atom stereocenters. The maximum Gasteiger partial charge on any atom is 0.534 e. The molecule has 1 fully saturated rings. The number of alkyl halides is 3. The predicted octanol–water partition coefficient (Wildman–Crippen LogP) is 3.88. The summed E-state index contributed by atoms with van der Waals surface area (Å²) in [5, 5.41) is 1.51. The summed E-state index contributed by atoms with van der Waals surface area (Å²) in [5.41, 5.74) is -5.62. The molecular weight excluding hydrogens is 625 g/mol. The number of para-hydroxylation sites is 1. The van der Waals surface area contributed by atoms with Crippen LogP contribution in [0.15, 0.2) is 102 Å². The van der Waals surface area contributed by atoms with Crippen molar-refractivity contribution in [1.29, 1.82) is 0 Å². The Labute approximate surface area is 253 Å². The fourth-order valence-corrected chi connectivity index (χ4v) is 6.28. The lowest BCUT2D eigenvalue weighted by molar-refractivity contribution is -0.155. The SMILES string of the molecule is O=C(COc1ccccc1)N[C@@H]1C(=O)N2C(C(=O)OC(c3ccccc3)c3ccccc3)=C(OS(=O)(=O)C(F)(F)F)CS[C@H]12. The van der Waals surface area contributed by atoms with Crippen molar-refractivity contribution in [2.75, 3.05) is 12.4 Å². The molecule has 0 aliphatic carbocycles. The van der Waals surface area contributed by atoms with Crippen LogP contribution in [0, 0.1) is 0 Å². The number of thioether (sulfide) groups is 1. The molecule has 2 aliphatic heterocycles. The van der Waals surface area contributed by atoms with Gasteiger partial charge in [-0.05, 0) is 23.3 Å². The number of carbonyl (C=O) groups is 3. The number of halogens is 3. The monoisotopic (exact) mass is 648 g/mol. The average Bonchev–Trinajstić information content (AvgIpc) is 3.01. The van der Waals surface area contributed by atoms with E-state index in [1.807, 2.05) is 0 Å². The van der Waals surface area contributed by atoms with Crippen LogP contribution in [-0.4, -0.2) is 60.4 Å². The van der Waals surface area contributed by atoms with Gasteiger partial charge in [0.05, 0.1) is 5.75 Å². The van der Waals surface area contributed by atoms with E-state index in [2.05, 4.69) is 9.50 Å². The highest BCUT2D eigenvalue weighted by Crippen LogP contribution is 2.43. The van der Waals surface area contributed by atoms with E-state index in [0.717, 1.165) is 16.7 Å². The number of hydrogen-bond acceptors (Lipinski definition) is 9. The lowest BCUT2D eigenvalue weighted by Gasteiger charge is -2.49.